The van der Waals surface area contributed by atoms with Crippen molar-refractivity contribution in [3.8, 4) is 0 Å². The number of esters is 1. The van der Waals surface area contributed by atoms with Gasteiger partial charge in [0.25, 0.3) is 0 Å². The van der Waals surface area contributed by atoms with Gasteiger partial charge in [-0.1, -0.05) is 87.5 Å². The predicted molar refractivity (Wildman–Crippen MR) is 209 cm³/mol. The van der Waals surface area contributed by atoms with Crippen molar-refractivity contribution in [1.29, 1.82) is 0 Å². The molecule has 1 aliphatic rings. The third-order valence-electron chi connectivity index (χ3n) is 11.3. The van der Waals surface area contributed by atoms with Crippen LogP contribution in [0.2, 0.25) is 36.3 Å². The fraction of sp³-hybridized carbons (Fsp3) is 0.718. The van der Waals surface area contributed by atoms with Crippen LogP contribution in [-0.4, -0.2) is 57.9 Å². The van der Waals surface area contributed by atoms with Gasteiger partial charge in [0.1, 0.15) is 11.9 Å². The summed E-state index contributed by atoms with van der Waals surface area (Å²) < 4.78 is 63.2. The lowest BCUT2D eigenvalue weighted by Crippen LogP contribution is -2.53. The van der Waals surface area contributed by atoms with Crippen LogP contribution in [0.3, 0.4) is 0 Å². The minimum absolute atomic E-state index is 0.107. The first-order valence-electron chi connectivity index (χ1n) is 18.5. The highest BCUT2D eigenvalue weighted by Gasteiger charge is 2.49. The van der Waals surface area contributed by atoms with Crippen molar-refractivity contribution < 1.29 is 36.3 Å². The van der Waals surface area contributed by atoms with Crippen LogP contribution in [0.5, 0.6) is 0 Å². The van der Waals surface area contributed by atoms with Crippen molar-refractivity contribution in [3.63, 3.8) is 0 Å². The summed E-state index contributed by atoms with van der Waals surface area (Å²) in [4.78, 5) is 33.2. The van der Waals surface area contributed by atoms with E-state index < -0.39 is 64.0 Å². The number of rotatable bonds is 9. The molecular formula is C39H64F3NO5SSi2. The molecule has 0 radical (unpaired) electrons. The van der Waals surface area contributed by atoms with Crippen molar-refractivity contribution in [1.82, 2.24) is 4.98 Å². The Morgan fingerprint density at radius 2 is 1.67 bits per heavy atom. The molecule has 290 valence electrons. The third-order valence-corrected chi connectivity index (χ3v) is 21.2. The highest BCUT2D eigenvalue weighted by Crippen LogP contribution is 2.42. The second-order valence-corrected chi connectivity index (χ2v) is 26.9. The fourth-order valence-corrected chi connectivity index (χ4v) is 11.4. The van der Waals surface area contributed by atoms with Crippen molar-refractivity contribution in [2.45, 2.75) is 163 Å². The molecule has 6 nitrogen and oxygen atoms in total. The van der Waals surface area contributed by atoms with E-state index in [1.807, 2.05) is 40.0 Å². The van der Waals surface area contributed by atoms with Gasteiger partial charge in [0.05, 0.1) is 29.3 Å². The average molecular weight is 772 g/mol. The van der Waals surface area contributed by atoms with Gasteiger partial charge in [-0.25, -0.2) is 4.98 Å². The van der Waals surface area contributed by atoms with E-state index in [0.717, 1.165) is 29.2 Å². The summed E-state index contributed by atoms with van der Waals surface area (Å²) >= 11 is 1.46. The molecule has 5 atom stereocenters. The van der Waals surface area contributed by atoms with Crippen LogP contribution in [0.1, 0.15) is 106 Å². The molecule has 0 saturated carbocycles. The van der Waals surface area contributed by atoms with Crippen molar-refractivity contribution in [2.24, 2.45) is 17.3 Å². The number of nitrogens with zero attached hydrogens (tertiary/aromatic N) is 1. The number of carbonyl (C=O) groups is 2. The Balaban J connectivity index is 2.81. The third kappa shape index (κ3) is 12.1. The number of aryl methyl sites for hydroxylation is 1. The Hall–Kier alpha value is -1.87. The highest BCUT2D eigenvalue weighted by molar-refractivity contribution is 7.09. The van der Waals surface area contributed by atoms with Gasteiger partial charge in [0.15, 0.2) is 16.6 Å². The Labute approximate surface area is 312 Å². The van der Waals surface area contributed by atoms with E-state index >= 15 is 0 Å². The highest BCUT2D eigenvalue weighted by atomic mass is 32.1. The summed E-state index contributed by atoms with van der Waals surface area (Å²) in [7, 11) is -4.79. The van der Waals surface area contributed by atoms with Crippen LogP contribution >= 0.6 is 11.3 Å². The Morgan fingerprint density at radius 1 is 1.08 bits per heavy atom. The van der Waals surface area contributed by atoms with E-state index in [9.17, 15) is 22.8 Å². The molecule has 0 amide bonds. The molecule has 0 N–H and O–H groups in total. The molecule has 0 fully saturated rings. The number of ketones is 1. The second kappa shape index (κ2) is 18.0. The van der Waals surface area contributed by atoms with E-state index in [2.05, 4.69) is 59.6 Å². The number of Topliss-reactive ketones (excluding diaryl/α,β-unsaturated/α-hetero) is 1. The van der Waals surface area contributed by atoms with E-state index in [0.29, 0.717) is 11.3 Å². The molecule has 1 aliphatic heterocycles. The molecule has 12 heteroatoms. The van der Waals surface area contributed by atoms with Crippen molar-refractivity contribution >= 4 is 45.8 Å². The number of ether oxygens (including phenoxy) is 1. The molecule has 51 heavy (non-hydrogen) atoms. The zero-order valence-corrected chi connectivity index (χ0v) is 36.4. The lowest BCUT2D eigenvalue weighted by Gasteiger charge is -2.45. The SMILES string of the molecule is CC[Si](CC)(CC)O[C@H]1CC(=O)OC(/C(C)=C\c2csc(C)n2)C/C=C(/C(F)(F)F)C/C=C/[C@H](C)[C@H](O[Si](C)(C)C(C)(C)C)[C@@H](C)C(=O)C1(C)C. The van der Waals surface area contributed by atoms with Gasteiger partial charge in [-0.2, -0.15) is 13.2 Å². The zero-order valence-electron chi connectivity index (χ0n) is 33.5. The molecule has 0 spiro atoms. The van der Waals surface area contributed by atoms with E-state index in [1.165, 1.54) is 17.4 Å². The Morgan fingerprint density at radius 3 is 2.16 bits per heavy atom. The predicted octanol–water partition coefficient (Wildman–Crippen LogP) is 11.6. The number of allylic oxidation sites excluding steroid dienone is 2. The molecule has 0 bridgehead atoms. The van der Waals surface area contributed by atoms with Gasteiger partial charge in [-0.05, 0) is 74.1 Å². The largest absolute Gasteiger partial charge is 0.457 e. The van der Waals surface area contributed by atoms with E-state index in [1.54, 1.807) is 19.1 Å². The molecule has 1 unspecified atom stereocenters. The van der Waals surface area contributed by atoms with E-state index in [4.69, 9.17) is 13.6 Å². The molecule has 0 aromatic carbocycles. The first kappa shape index (κ1) is 45.3. The van der Waals surface area contributed by atoms with Crippen LogP contribution < -0.4 is 0 Å². The van der Waals surface area contributed by atoms with Crippen LogP contribution in [0, 0.1) is 24.2 Å². The number of alkyl halides is 3. The number of aromatic nitrogens is 1. The minimum atomic E-state index is -4.59. The number of cyclic esters (lactones) is 1. The van der Waals surface area contributed by atoms with Crippen LogP contribution in [-0.2, 0) is 23.2 Å². The lowest BCUT2D eigenvalue weighted by molar-refractivity contribution is -0.153. The van der Waals surface area contributed by atoms with Gasteiger partial charge in [-0.3, -0.25) is 9.59 Å². The smallest absolute Gasteiger partial charge is 0.412 e. The molecule has 1 aromatic heterocycles. The minimum Gasteiger partial charge on any atom is -0.457 e. The summed E-state index contributed by atoms with van der Waals surface area (Å²) in [6.07, 6.45) is -1.53. The van der Waals surface area contributed by atoms with Crippen LogP contribution in [0.15, 0.2) is 34.8 Å². The number of carbonyl (C=O) groups excluding carboxylic acids is 2. The maximum atomic E-state index is 14.8. The summed E-state index contributed by atoms with van der Waals surface area (Å²) in [6, 6.07) is 2.44. The first-order chi connectivity index (χ1) is 23.3. The zero-order chi connectivity index (χ0) is 39.2. The summed E-state index contributed by atoms with van der Waals surface area (Å²) in [6.45, 7) is 27.9. The van der Waals surface area contributed by atoms with Gasteiger partial charge >= 0.3 is 12.1 Å². The average Bonchev–Trinajstić information content (AvgIpc) is 3.44. The first-order valence-corrected chi connectivity index (χ1v) is 24.8. The maximum Gasteiger partial charge on any atom is 0.412 e. The van der Waals surface area contributed by atoms with Crippen LogP contribution in [0.25, 0.3) is 6.08 Å². The Kier molecular flexibility index (Phi) is 16.0. The summed E-state index contributed by atoms with van der Waals surface area (Å²) in [5, 5.41) is 2.53. The summed E-state index contributed by atoms with van der Waals surface area (Å²) in [5.41, 5.74) is -0.609. The van der Waals surface area contributed by atoms with Crippen LogP contribution in [0.4, 0.5) is 13.2 Å². The second-order valence-electron chi connectivity index (χ2n) is 16.4. The van der Waals surface area contributed by atoms with Crippen molar-refractivity contribution in [2.75, 3.05) is 0 Å². The topological polar surface area (TPSA) is 74.7 Å². The monoisotopic (exact) mass is 771 g/mol. The molecule has 2 heterocycles. The normalized spacial score (nSPS) is 27.1. The fourth-order valence-electron chi connectivity index (χ4n) is 6.36. The number of halogens is 3. The molecule has 0 aliphatic carbocycles. The Bertz CT molecular complexity index is 1410. The van der Waals surface area contributed by atoms with Gasteiger partial charge < -0.3 is 13.6 Å². The quantitative estimate of drug-likeness (QED) is 0.141. The molecular weight excluding hydrogens is 708 g/mol. The van der Waals surface area contributed by atoms with Gasteiger partial charge in [0.2, 0.25) is 0 Å². The van der Waals surface area contributed by atoms with Gasteiger partial charge in [0, 0.05) is 28.7 Å². The molecule has 2 rings (SSSR count). The van der Waals surface area contributed by atoms with Gasteiger partial charge in [-0.15, -0.1) is 11.3 Å². The number of hydrogen-bond acceptors (Lipinski definition) is 7. The molecule has 1 aromatic rings. The molecule has 0 saturated heterocycles. The summed E-state index contributed by atoms with van der Waals surface area (Å²) in [5.74, 6) is -1.73. The number of hydrogen-bond donors (Lipinski definition) is 0. The lowest BCUT2D eigenvalue weighted by atomic mass is 9.73. The standard InChI is InChI=1S/C39H64F3NO5SSi2/c1-15-51(16-2,17-3)47-33-24-34(44)46-32(27(5)23-31-25-49-29(7)43-31)22-21-30(39(40,41)42)20-18-19-26(4)35(28(6)36(45)38(33,11)12)48-50(13,14)37(8,9)10/h18-19,21,23,25-26,28,32-33,35H,15-17,20,22,24H2,1-14H3/b19-18+,27-23-,30-21+/t26-,28+,32?,33-,35-/m0/s1. The maximum absolute atomic E-state index is 14.8. The van der Waals surface area contributed by atoms with E-state index in [-0.39, 0.29) is 36.0 Å². The number of thiazole rings is 1. The van der Waals surface area contributed by atoms with Crippen molar-refractivity contribution in [3.05, 3.63) is 45.5 Å².